The van der Waals surface area contributed by atoms with Crippen LogP contribution in [0.5, 0.6) is 11.5 Å². The Kier molecular flexibility index (Phi) is 6.97. The maximum atomic E-state index is 13.2. The Morgan fingerprint density at radius 2 is 2.00 bits per heavy atom. The molecule has 0 aliphatic carbocycles. The van der Waals surface area contributed by atoms with Crippen LogP contribution in [-0.2, 0) is 9.59 Å². The molecule has 2 aromatic carbocycles. The van der Waals surface area contributed by atoms with Gasteiger partial charge in [0.05, 0.1) is 23.9 Å². The number of ether oxygens (including phenoxy) is 2. The van der Waals surface area contributed by atoms with E-state index in [9.17, 15) is 9.59 Å². The lowest BCUT2D eigenvalue weighted by atomic mass is 10.1. The zero-order valence-electron chi connectivity index (χ0n) is 17.7. The highest BCUT2D eigenvalue weighted by molar-refractivity contribution is 7.80. The van der Waals surface area contributed by atoms with E-state index < -0.39 is 11.8 Å². The Labute approximate surface area is 191 Å². The van der Waals surface area contributed by atoms with Crippen LogP contribution in [-0.4, -0.2) is 30.1 Å². The summed E-state index contributed by atoms with van der Waals surface area (Å²) in [6.45, 7) is 5.84. The highest BCUT2D eigenvalue weighted by Crippen LogP contribution is 2.38. The Bertz CT molecular complexity index is 1080. The lowest BCUT2D eigenvalue weighted by Crippen LogP contribution is -2.54. The fraction of sp³-hybridized carbons (Fsp3) is 0.261. The highest BCUT2D eigenvalue weighted by Gasteiger charge is 2.34. The number of methoxy groups -OCH3 is 1. The van der Waals surface area contributed by atoms with Gasteiger partial charge in [0.2, 0.25) is 0 Å². The summed E-state index contributed by atoms with van der Waals surface area (Å²) in [4.78, 5) is 27.0. The van der Waals surface area contributed by atoms with Gasteiger partial charge in [-0.05, 0) is 74.0 Å². The quantitative estimate of drug-likeness (QED) is 0.387. The van der Waals surface area contributed by atoms with Crippen LogP contribution >= 0.6 is 23.8 Å². The summed E-state index contributed by atoms with van der Waals surface area (Å²) in [5, 5.41) is 2.93. The number of hydrogen-bond acceptors (Lipinski definition) is 5. The molecule has 0 bridgehead atoms. The topological polar surface area (TPSA) is 67.9 Å². The molecule has 6 nitrogen and oxygen atoms in total. The van der Waals surface area contributed by atoms with E-state index in [1.54, 1.807) is 18.2 Å². The van der Waals surface area contributed by atoms with Crippen LogP contribution in [0.4, 0.5) is 5.69 Å². The second-order valence-corrected chi connectivity index (χ2v) is 7.96. The van der Waals surface area contributed by atoms with Crippen LogP contribution < -0.4 is 19.7 Å². The normalized spacial score (nSPS) is 16.4. The highest BCUT2D eigenvalue weighted by atomic mass is 35.5. The predicted molar refractivity (Wildman–Crippen MR) is 126 cm³/mol. The summed E-state index contributed by atoms with van der Waals surface area (Å²) < 4.78 is 11.3. The second-order valence-electron chi connectivity index (χ2n) is 7.17. The number of nitrogens with one attached hydrogen (secondary N) is 1. The number of halogens is 1. The van der Waals surface area contributed by atoms with Crippen molar-refractivity contribution in [1.82, 2.24) is 5.32 Å². The number of carbonyl (C=O) groups is 2. The average molecular weight is 459 g/mol. The molecule has 1 N–H and O–H groups in total. The molecule has 31 heavy (non-hydrogen) atoms. The van der Waals surface area contributed by atoms with Crippen molar-refractivity contribution in [2.45, 2.75) is 33.3 Å². The molecule has 1 aliphatic rings. The van der Waals surface area contributed by atoms with Gasteiger partial charge < -0.3 is 9.47 Å². The lowest BCUT2D eigenvalue weighted by Gasteiger charge is -2.29. The van der Waals surface area contributed by atoms with Crippen molar-refractivity contribution in [2.75, 3.05) is 12.0 Å². The van der Waals surface area contributed by atoms with Crippen LogP contribution in [0.15, 0.2) is 42.0 Å². The maximum Gasteiger partial charge on any atom is 0.270 e. The molecule has 0 radical (unpaired) electrons. The predicted octanol–water partition coefficient (Wildman–Crippen LogP) is 4.67. The van der Waals surface area contributed by atoms with Crippen LogP contribution in [0.2, 0.25) is 5.02 Å². The van der Waals surface area contributed by atoms with Crippen molar-refractivity contribution in [3.8, 4) is 11.5 Å². The number of nitrogens with zero attached hydrogens (tertiary/aromatic N) is 1. The molecule has 1 atom stereocenters. The van der Waals surface area contributed by atoms with Gasteiger partial charge in [0.25, 0.3) is 11.8 Å². The van der Waals surface area contributed by atoms with Crippen molar-refractivity contribution in [1.29, 1.82) is 0 Å². The van der Waals surface area contributed by atoms with Gasteiger partial charge in [-0.2, -0.15) is 0 Å². The summed E-state index contributed by atoms with van der Waals surface area (Å²) in [6, 6.07) is 10.6. The smallest absolute Gasteiger partial charge is 0.270 e. The van der Waals surface area contributed by atoms with Crippen LogP contribution in [0.3, 0.4) is 0 Å². The third kappa shape index (κ3) is 4.89. The van der Waals surface area contributed by atoms with E-state index in [2.05, 4.69) is 5.32 Å². The van der Waals surface area contributed by atoms with Crippen molar-refractivity contribution >= 4 is 52.5 Å². The molecule has 1 saturated heterocycles. The maximum absolute atomic E-state index is 13.2. The Balaban J connectivity index is 2.01. The Morgan fingerprint density at radius 3 is 2.65 bits per heavy atom. The number of hydrogen-bond donors (Lipinski definition) is 1. The number of thiocarbonyl (C=S) groups is 1. The van der Waals surface area contributed by atoms with E-state index in [4.69, 9.17) is 33.3 Å². The first-order valence-corrected chi connectivity index (χ1v) is 10.6. The number of rotatable bonds is 6. The fourth-order valence-corrected chi connectivity index (χ4v) is 3.59. The summed E-state index contributed by atoms with van der Waals surface area (Å²) in [5.41, 5.74) is 2.00. The molecular weight excluding hydrogens is 436 g/mol. The van der Waals surface area contributed by atoms with E-state index in [1.165, 1.54) is 18.1 Å². The number of amides is 2. The van der Waals surface area contributed by atoms with Gasteiger partial charge in [0, 0.05) is 0 Å². The molecule has 2 amide bonds. The van der Waals surface area contributed by atoms with E-state index in [-0.39, 0.29) is 16.8 Å². The summed E-state index contributed by atoms with van der Waals surface area (Å²) >= 11 is 11.7. The molecule has 2 aromatic rings. The summed E-state index contributed by atoms with van der Waals surface area (Å²) in [6.07, 6.45) is 2.21. The zero-order chi connectivity index (χ0) is 22.7. The Hall–Kier alpha value is -2.90. The average Bonchev–Trinajstić information content (AvgIpc) is 2.72. The summed E-state index contributed by atoms with van der Waals surface area (Å²) in [7, 11) is 1.50. The minimum Gasteiger partial charge on any atom is -0.493 e. The fourth-order valence-electron chi connectivity index (χ4n) is 3.05. The van der Waals surface area contributed by atoms with Gasteiger partial charge in [0.1, 0.15) is 5.57 Å². The number of benzene rings is 2. The molecule has 1 fully saturated rings. The van der Waals surface area contributed by atoms with Gasteiger partial charge >= 0.3 is 0 Å². The van der Waals surface area contributed by atoms with E-state index in [0.29, 0.717) is 27.8 Å². The van der Waals surface area contributed by atoms with Gasteiger partial charge in [-0.1, -0.05) is 30.7 Å². The van der Waals surface area contributed by atoms with Crippen molar-refractivity contribution in [2.24, 2.45) is 0 Å². The first kappa shape index (κ1) is 22.8. The monoisotopic (exact) mass is 458 g/mol. The zero-order valence-corrected chi connectivity index (χ0v) is 19.3. The number of anilines is 1. The van der Waals surface area contributed by atoms with E-state index in [1.807, 2.05) is 39.0 Å². The molecule has 1 aliphatic heterocycles. The number of aryl methyl sites for hydroxylation is 1. The van der Waals surface area contributed by atoms with Gasteiger partial charge in [-0.3, -0.25) is 19.8 Å². The van der Waals surface area contributed by atoms with E-state index >= 15 is 0 Å². The van der Waals surface area contributed by atoms with Crippen molar-refractivity contribution in [3.63, 3.8) is 0 Å². The third-order valence-electron chi connectivity index (χ3n) is 4.82. The molecule has 8 heteroatoms. The summed E-state index contributed by atoms with van der Waals surface area (Å²) in [5.74, 6) is -0.264. The molecular formula is C23H23ClN2O4S. The van der Waals surface area contributed by atoms with Crippen molar-refractivity contribution < 1.29 is 19.1 Å². The second kappa shape index (κ2) is 9.49. The molecule has 1 heterocycles. The first-order valence-electron chi connectivity index (χ1n) is 9.77. The third-order valence-corrected chi connectivity index (χ3v) is 5.38. The molecule has 0 saturated carbocycles. The molecule has 0 aromatic heterocycles. The van der Waals surface area contributed by atoms with Crippen LogP contribution in [0.25, 0.3) is 6.08 Å². The minimum absolute atomic E-state index is 0.0330. The van der Waals surface area contributed by atoms with E-state index in [0.717, 1.165) is 12.0 Å². The van der Waals surface area contributed by atoms with Gasteiger partial charge in [0.15, 0.2) is 16.6 Å². The van der Waals surface area contributed by atoms with Crippen LogP contribution in [0, 0.1) is 6.92 Å². The minimum atomic E-state index is -0.575. The van der Waals surface area contributed by atoms with Gasteiger partial charge in [-0.15, -0.1) is 0 Å². The largest absolute Gasteiger partial charge is 0.493 e. The molecule has 0 spiro atoms. The molecule has 162 valence electrons. The molecule has 3 rings (SSSR count). The number of carbonyl (C=O) groups excluding carboxylic acids is 2. The SMILES string of the molecule is CCC(C)Oc1c(Cl)cc(/C=C2\C(=O)NC(=S)N(c3cccc(C)c3)C2=O)cc1OC. The van der Waals surface area contributed by atoms with Gasteiger partial charge in [-0.25, -0.2) is 0 Å². The van der Waals surface area contributed by atoms with Crippen LogP contribution in [0.1, 0.15) is 31.4 Å². The Morgan fingerprint density at radius 1 is 1.26 bits per heavy atom. The lowest BCUT2D eigenvalue weighted by molar-refractivity contribution is -0.122. The standard InChI is InChI=1S/C23H23ClN2O4S/c1-5-14(3)30-20-18(24)11-15(12-19(20)29-4)10-17-21(27)25-23(31)26(22(17)28)16-8-6-7-13(2)9-16/h6-12,14H,5H2,1-4H3,(H,25,27,31)/b17-10+. The van der Waals surface area contributed by atoms with Crippen molar-refractivity contribution in [3.05, 3.63) is 58.1 Å². The molecule has 1 unspecified atom stereocenters. The first-order chi connectivity index (χ1) is 14.7.